The fraction of sp³-hybridized carbons (Fsp3) is 0.267. The zero-order chi connectivity index (χ0) is 15.6. The van der Waals surface area contributed by atoms with E-state index in [2.05, 4.69) is 4.98 Å². The molecule has 0 saturated heterocycles. The Morgan fingerprint density at radius 3 is 2.62 bits per heavy atom. The first-order valence-electron chi connectivity index (χ1n) is 6.34. The van der Waals surface area contributed by atoms with Gasteiger partial charge in [0.15, 0.2) is 5.78 Å². The number of hydrogen-bond donors (Lipinski definition) is 0. The van der Waals surface area contributed by atoms with Gasteiger partial charge < -0.3 is 4.74 Å². The fourth-order valence-electron chi connectivity index (χ4n) is 2.04. The van der Waals surface area contributed by atoms with Gasteiger partial charge in [-0.05, 0) is 38.1 Å². The van der Waals surface area contributed by atoms with Gasteiger partial charge in [-0.15, -0.1) is 0 Å². The summed E-state index contributed by atoms with van der Waals surface area (Å²) in [4.78, 5) is 28.0. The minimum Gasteiger partial charge on any atom is -0.495 e. The van der Waals surface area contributed by atoms with Crippen molar-refractivity contribution in [3.05, 3.63) is 56.7 Å². The van der Waals surface area contributed by atoms with Crippen molar-refractivity contribution in [3.63, 3.8) is 0 Å². The molecule has 1 aromatic heterocycles. The molecule has 1 heterocycles. The molecular formula is C15H15ClN2O3. The summed E-state index contributed by atoms with van der Waals surface area (Å²) in [5.74, 6) is 0.286. The van der Waals surface area contributed by atoms with Gasteiger partial charge in [-0.3, -0.25) is 9.36 Å². The first kappa shape index (κ1) is 15.3. The largest absolute Gasteiger partial charge is 0.495 e. The van der Waals surface area contributed by atoms with E-state index in [0.717, 1.165) is 0 Å². The number of rotatable bonds is 4. The Bertz CT molecular complexity index is 753. The Balaban J connectivity index is 2.30. The van der Waals surface area contributed by atoms with Gasteiger partial charge in [-0.2, -0.15) is 4.98 Å². The van der Waals surface area contributed by atoms with Crippen molar-refractivity contribution in [1.29, 1.82) is 0 Å². The van der Waals surface area contributed by atoms with Crippen LogP contribution in [0.4, 0.5) is 0 Å². The molecule has 0 aliphatic heterocycles. The summed E-state index contributed by atoms with van der Waals surface area (Å²) in [6, 6.07) is 6.54. The molecule has 0 aliphatic rings. The van der Waals surface area contributed by atoms with E-state index in [0.29, 0.717) is 27.7 Å². The molecule has 0 amide bonds. The average Bonchev–Trinajstić information content (AvgIpc) is 2.42. The molecular weight excluding hydrogens is 292 g/mol. The summed E-state index contributed by atoms with van der Waals surface area (Å²) < 4.78 is 6.38. The number of hydrogen-bond acceptors (Lipinski definition) is 4. The predicted molar refractivity (Wildman–Crippen MR) is 80.3 cm³/mol. The normalized spacial score (nSPS) is 10.5. The predicted octanol–water partition coefficient (Wildman–Crippen LogP) is 2.41. The number of Topliss-reactive ketones (excluding diaryl/α,β-unsaturated/α-hetero) is 1. The van der Waals surface area contributed by atoms with E-state index >= 15 is 0 Å². The maximum absolute atomic E-state index is 12.3. The van der Waals surface area contributed by atoms with Crippen LogP contribution < -0.4 is 10.4 Å². The zero-order valence-corrected chi connectivity index (χ0v) is 12.8. The van der Waals surface area contributed by atoms with Crippen molar-refractivity contribution in [2.45, 2.75) is 20.4 Å². The highest BCUT2D eigenvalue weighted by Crippen LogP contribution is 2.25. The number of aryl methyl sites for hydroxylation is 2. The lowest BCUT2D eigenvalue weighted by molar-refractivity contribution is 0.0969. The summed E-state index contributed by atoms with van der Waals surface area (Å²) >= 11 is 6.00. The average molecular weight is 307 g/mol. The van der Waals surface area contributed by atoms with E-state index in [-0.39, 0.29) is 12.3 Å². The Morgan fingerprint density at radius 2 is 2.05 bits per heavy atom. The highest BCUT2D eigenvalue weighted by Gasteiger charge is 2.12. The Hall–Kier alpha value is -2.14. The lowest BCUT2D eigenvalue weighted by Crippen LogP contribution is -2.28. The van der Waals surface area contributed by atoms with Crippen LogP contribution in [-0.4, -0.2) is 22.4 Å². The summed E-state index contributed by atoms with van der Waals surface area (Å²) in [5, 5.41) is 0.356. The van der Waals surface area contributed by atoms with Gasteiger partial charge in [0.25, 0.3) is 0 Å². The Labute approximate surface area is 127 Å². The lowest BCUT2D eigenvalue weighted by Gasteiger charge is -2.10. The van der Waals surface area contributed by atoms with Crippen LogP contribution in [0.3, 0.4) is 0 Å². The smallest absolute Gasteiger partial charge is 0.348 e. The van der Waals surface area contributed by atoms with Crippen LogP contribution in [0.5, 0.6) is 5.75 Å². The summed E-state index contributed by atoms with van der Waals surface area (Å²) in [6.07, 6.45) is 0. The van der Waals surface area contributed by atoms with Gasteiger partial charge in [0.1, 0.15) is 5.75 Å². The van der Waals surface area contributed by atoms with E-state index in [1.54, 1.807) is 32.0 Å². The topological polar surface area (TPSA) is 61.2 Å². The van der Waals surface area contributed by atoms with Crippen LogP contribution in [0.2, 0.25) is 5.02 Å². The number of ether oxygens (including phenoxy) is 1. The van der Waals surface area contributed by atoms with Gasteiger partial charge in [0, 0.05) is 17.0 Å². The number of carbonyl (C=O) groups is 1. The van der Waals surface area contributed by atoms with Crippen LogP contribution in [0, 0.1) is 13.8 Å². The summed E-state index contributed by atoms with van der Waals surface area (Å²) in [7, 11) is 1.50. The van der Waals surface area contributed by atoms with E-state index in [1.807, 2.05) is 0 Å². The number of methoxy groups -OCH3 is 1. The first-order valence-corrected chi connectivity index (χ1v) is 6.72. The SMILES string of the molecule is COc1ccc(C(=O)Cn2c(C)cc(C)nc2=O)cc1Cl. The molecule has 5 nitrogen and oxygen atoms in total. The minimum absolute atomic E-state index is 0.0688. The second kappa shape index (κ2) is 6.10. The molecule has 0 fully saturated rings. The highest BCUT2D eigenvalue weighted by molar-refractivity contribution is 6.32. The lowest BCUT2D eigenvalue weighted by atomic mass is 10.1. The number of benzene rings is 1. The molecule has 110 valence electrons. The second-order valence-electron chi connectivity index (χ2n) is 4.68. The number of aromatic nitrogens is 2. The van der Waals surface area contributed by atoms with Crippen molar-refractivity contribution >= 4 is 17.4 Å². The maximum atomic E-state index is 12.3. The van der Waals surface area contributed by atoms with Crippen LogP contribution in [0.25, 0.3) is 0 Å². The monoisotopic (exact) mass is 306 g/mol. The standard InChI is InChI=1S/C15H15ClN2O3/c1-9-6-10(2)18(15(20)17-9)8-13(19)11-4-5-14(21-3)12(16)7-11/h4-7H,8H2,1-3H3. The van der Waals surface area contributed by atoms with E-state index in [1.165, 1.54) is 17.7 Å². The molecule has 1 aromatic carbocycles. The van der Waals surface area contributed by atoms with Gasteiger partial charge in [0.2, 0.25) is 0 Å². The second-order valence-corrected chi connectivity index (χ2v) is 5.09. The third-order valence-electron chi connectivity index (χ3n) is 3.12. The Morgan fingerprint density at radius 1 is 1.33 bits per heavy atom. The van der Waals surface area contributed by atoms with E-state index in [4.69, 9.17) is 16.3 Å². The van der Waals surface area contributed by atoms with Crippen LogP contribution in [0.1, 0.15) is 21.7 Å². The molecule has 0 saturated carbocycles. The molecule has 0 atom stereocenters. The number of halogens is 1. The van der Waals surface area contributed by atoms with Crippen molar-refractivity contribution < 1.29 is 9.53 Å². The van der Waals surface area contributed by atoms with Crippen molar-refractivity contribution in [3.8, 4) is 5.75 Å². The summed E-state index contributed by atoms with van der Waals surface area (Å²) in [5.41, 5.74) is 1.32. The molecule has 0 N–H and O–H groups in total. The van der Waals surface area contributed by atoms with Crippen molar-refractivity contribution in [2.75, 3.05) is 7.11 Å². The molecule has 2 rings (SSSR count). The molecule has 0 unspecified atom stereocenters. The highest BCUT2D eigenvalue weighted by atomic mass is 35.5. The van der Waals surface area contributed by atoms with Crippen LogP contribution >= 0.6 is 11.6 Å². The quantitative estimate of drug-likeness (QED) is 0.814. The molecule has 0 radical (unpaired) electrons. The molecule has 0 aliphatic carbocycles. The van der Waals surface area contributed by atoms with E-state index in [9.17, 15) is 9.59 Å². The van der Waals surface area contributed by atoms with Crippen LogP contribution in [0.15, 0.2) is 29.1 Å². The number of nitrogens with zero attached hydrogens (tertiary/aromatic N) is 2. The number of carbonyl (C=O) groups excluding carboxylic acids is 1. The molecule has 0 spiro atoms. The third-order valence-corrected chi connectivity index (χ3v) is 3.42. The first-order chi connectivity index (χ1) is 9.92. The molecule has 6 heteroatoms. The van der Waals surface area contributed by atoms with Crippen molar-refractivity contribution in [1.82, 2.24) is 9.55 Å². The Kier molecular flexibility index (Phi) is 4.43. The molecule has 21 heavy (non-hydrogen) atoms. The van der Waals surface area contributed by atoms with Gasteiger partial charge in [-0.25, -0.2) is 4.79 Å². The van der Waals surface area contributed by atoms with Gasteiger partial charge >= 0.3 is 5.69 Å². The molecule has 2 aromatic rings. The zero-order valence-electron chi connectivity index (χ0n) is 12.0. The van der Waals surface area contributed by atoms with E-state index < -0.39 is 5.69 Å². The van der Waals surface area contributed by atoms with Crippen molar-refractivity contribution in [2.24, 2.45) is 0 Å². The third kappa shape index (κ3) is 3.31. The minimum atomic E-state index is -0.430. The van der Waals surface area contributed by atoms with Crippen LogP contribution in [-0.2, 0) is 6.54 Å². The molecule has 0 bridgehead atoms. The fourth-order valence-corrected chi connectivity index (χ4v) is 2.30. The summed E-state index contributed by atoms with van der Waals surface area (Å²) in [6.45, 7) is 3.44. The van der Waals surface area contributed by atoms with Gasteiger partial charge in [-0.1, -0.05) is 11.6 Å². The maximum Gasteiger partial charge on any atom is 0.348 e. The van der Waals surface area contributed by atoms with Gasteiger partial charge in [0.05, 0.1) is 18.7 Å². The number of ketones is 1.